The average Bonchev–Trinajstić information content (AvgIpc) is 2.62. The molecule has 0 aromatic carbocycles. The lowest BCUT2D eigenvalue weighted by molar-refractivity contribution is 0.0658. The van der Waals surface area contributed by atoms with Gasteiger partial charge in [-0.15, -0.1) is 0 Å². The Morgan fingerprint density at radius 3 is 2.38 bits per heavy atom. The van der Waals surface area contributed by atoms with E-state index in [1.807, 2.05) is 11.0 Å². The Hall–Kier alpha value is -1.73. The molecule has 0 aliphatic carbocycles. The van der Waals surface area contributed by atoms with E-state index in [0.717, 1.165) is 45.0 Å². The van der Waals surface area contributed by atoms with Gasteiger partial charge in [0.1, 0.15) is 5.69 Å². The molecule has 24 heavy (non-hydrogen) atoms. The summed E-state index contributed by atoms with van der Waals surface area (Å²) < 4.78 is 5.40. The molecule has 3 rings (SSSR count). The van der Waals surface area contributed by atoms with Crippen molar-refractivity contribution >= 4 is 11.9 Å². The quantitative estimate of drug-likeness (QED) is 0.816. The number of carbonyl (C=O) groups excluding carboxylic acids is 1. The van der Waals surface area contributed by atoms with Crippen molar-refractivity contribution in [2.24, 2.45) is 0 Å². The van der Waals surface area contributed by atoms with Gasteiger partial charge in [0.15, 0.2) is 0 Å². The van der Waals surface area contributed by atoms with Crippen molar-refractivity contribution in [2.75, 3.05) is 64.4 Å². The van der Waals surface area contributed by atoms with E-state index in [0.29, 0.717) is 24.9 Å². The van der Waals surface area contributed by atoms with Crippen LogP contribution in [0.3, 0.4) is 0 Å². The zero-order valence-electron chi connectivity index (χ0n) is 14.9. The van der Waals surface area contributed by atoms with Crippen LogP contribution in [0.2, 0.25) is 0 Å². The smallest absolute Gasteiger partial charge is 0.272 e. The zero-order chi connectivity index (χ0) is 17.1. The van der Waals surface area contributed by atoms with Crippen LogP contribution in [0.1, 0.15) is 35.9 Å². The predicted octanol–water partition coefficient (Wildman–Crippen LogP) is 0.824. The monoisotopic (exact) mass is 333 g/mol. The molecular formula is C17H27N5O2. The third-order valence-corrected chi connectivity index (χ3v) is 4.63. The summed E-state index contributed by atoms with van der Waals surface area (Å²) in [6.45, 7) is 10.4. The lowest BCUT2D eigenvalue weighted by Crippen LogP contribution is -2.47. The predicted molar refractivity (Wildman–Crippen MR) is 92.6 cm³/mol. The Bertz CT molecular complexity index is 578. The van der Waals surface area contributed by atoms with Gasteiger partial charge in [-0.25, -0.2) is 9.97 Å². The minimum atomic E-state index is 0.0157. The summed E-state index contributed by atoms with van der Waals surface area (Å²) in [5.74, 6) is 0.927. The van der Waals surface area contributed by atoms with Crippen LogP contribution < -0.4 is 4.90 Å². The Balaban J connectivity index is 1.85. The number of hydrogen-bond donors (Lipinski definition) is 0. The first-order valence-corrected chi connectivity index (χ1v) is 8.74. The summed E-state index contributed by atoms with van der Waals surface area (Å²) in [5.41, 5.74) is 1.43. The number of rotatable bonds is 3. The molecule has 1 aromatic rings. The second-order valence-corrected chi connectivity index (χ2v) is 6.83. The van der Waals surface area contributed by atoms with Gasteiger partial charge in [0.05, 0.1) is 13.2 Å². The number of piperazine rings is 1. The molecule has 132 valence electrons. The molecule has 0 spiro atoms. The molecule has 7 nitrogen and oxygen atoms in total. The highest BCUT2D eigenvalue weighted by Gasteiger charge is 2.24. The van der Waals surface area contributed by atoms with E-state index in [9.17, 15) is 4.79 Å². The highest BCUT2D eigenvalue weighted by Crippen LogP contribution is 2.19. The van der Waals surface area contributed by atoms with Crippen molar-refractivity contribution in [1.29, 1.82) is 0 Å². The van der Waals surface area contributed by atoms with Crippen LogP contribution in [0.15, 0.2) is 6.07 Å². The summed E-state index contributed by atoms with van der Waals surface area (Å²) in [5, 5.41) is 0. The molecule has 3 heterocycles. The zero-order valence-corrected chi connectivity index (χ0v) is 14.9. The number of hydrogen-bond acceptors (Lipinski definition) is 6. The number of nitrogens with zero attached hydrogens (tertiary/aromatic N) is 5. The molecule has 2 aliphatic heterocycles. The number of aromatic nitrogens is 2. The fourth-order valence-corrected chi connectivity index (χ4v) is 2.93. The first-order chi connectivity index (χ1) is 11.5. The summed E-state index contributed by atoms with van der Waals surface area (Å²) >= 11 is 0. The second-order valence-electron chi connectivity index (χ2n) is 6.83. The molecule has 0 radical (unpaired) electrons. The van der Waals surface area contributed by atoms with Gasteiger partial charge in [0.2, 0.25) is 5.95 Å². The van der Waals surface area contributed by atoms with Crippen LogP contribution in [0, 0.1) is 0 Å². The van der Waals surface area contributed by atoms with Crippen molar-refractivity contribution in [1.82, 2.24) is 19.8 Å². The van der Waals surface area contributed by atoms with Crippen LogP contribution >= 0.6 is 0 Å². The van der Waals surface area contributed by atoms with E-state index in [4.69, 9.17) is 4.74 Å². The molecule has 1 aromatic heterocycles. The van der Waals surface area contributed by atoms with E-state index in [2.05, 4.69) is 40.7 Å². The number of amides is 1. The SMILES string of the molecule is CC(C)c1cc(C(=O)N2CCN(C)CC2)nc(N2CCOCC2)n1. The molecule has 0 N–H and O–H groups in total. The van der Waals surface area contributed by atoms with Crippen molar-refractivity contribution < 1.29 is 9.53 Å². The van der Waals surface area contributed by atoms with Crippen LogP contribution in [-0.2, 0) is 4.74 Å². The summed E-state index contributed by atoms with van der Waals surface area (Å²) in [6.07, 6.45) is 0. The highest BCUT2D eigenvalue weighted by atomic mass is 16.5. The Morgan fingerprint density at radius 1 is 1.08 bits per heavy atom. The largest absolute Gasteiger partial charge is 0.378 e. The van der Waals surface area contributed by atoms with E-state index in [1.165, 1.54) is 0 Å². The molecule has 0 unspecified atom stereocenters. The fourth-order valence-electron chi connectivity index (χ4n) is 2.93. The van der Waals surface area contributed by atoms with Crippen LogP contribution in [0.5, 0.6) is 0 Å². The number of likely N-dealkylation sites (N-methyl/N-ethyl adjacent to an activating group) is 1. The van der Waals surface area contributed by atoms with Gasteiger partial charge < -0.3 is 19.4 Å². The number of anilines is 1. The van der Waals surface area contributed by atoms with Crippen molar-refractivity contribution in [3.63, 3.8) is 0 Å². The summed E-state index contributed by atoms with van der Waals surface area (Å²) in [7, 11) is 2.08. The molecule has 1 amide bonds. The molecule has 7 heteroatoms. The average molecular weight is 333 g/mol. The molecule has 0 saturated carbocycles. The van der Waals surface area contributed by atoms with Crippen LogP contribution in [-0.4, -0.2) is 85.2 Å². The third-order valence-electron chi connectivity index (χ3n) is 4.63. The van der Waals surface area contributed by atoms with Gasteiger partial charge in [0.25, 0.3) is 5.91 Å². The first kappa shape index (κ1) is 17.1. The topological polar surface area (TPSA) is 61.8 Å². The minimum Gasteiger partial charge on any atom is -0.378 e. The van der Waals surface area contributed by atoms with Crippen LogP contribution in [0.4, 0.5) is 5.95 Å². The normalized spacial score (nSPS) is 19.8. The van der Waals surface area contributed by atoms with E-state index < -0.39 is 0 Å². The summed E-state index contributed by atoms with van der Waals surface area (Å²) in [6, 6.07) is 1.86. The molecular weight excluding hydrogens is 306 g/mol. The lowest BCUT2D eigenvalue weighted by atomic mass is 10.1. The standard InChI is InChI=1S/C17H27N5O2/c1-13(2)14-12-15(16(23)21-6-4-20(3)5-7-21)19-17(18-14)22-8-10-24-11-9-22/h12-13H,4-11H2,1-3H3. The molecule has 2 aliphatic rings. The Labute approximate surface area is 143 Å². The Morgan fingerprint density at radius 2 is 1.75 bits per heavy atom. The number of morpholine rings is 1. The molecule has 0 atom stereocenters. The molecule has 2 saturated heterocycles. The van der Waals surface area contributed by atoms with Gasteiger partial charge in [-0.2, -0.15) is 0 Å². The maximum Gasteiger partial charge on any atom is 0.272 e. The second kappa shape index (κ2) is 7.44. The molecule has 2 fully saturated rings. The van der Waals surface area contributed by atoms with Gasteiger partial charge in [-0.3, -0.25) is 4.79 Å². The van der Waals surface area contributed by atoms with Gasteiger partial charge in [-0.1, -0.05) is 13.8 Å². The number of carbonyl (C=O) groups is 1. The minimum absolute atomic E-state index is 0.0157. The van der Waals surface area contributed by atoms with Crippen LogP contribution in [0.25, 0.3) is 0 Å². The maximum absolute atomic E-state index is 12.9. The lowest BCUT2D eigenvalue weighted by Gasteiger charge is -2.32. The van der Waals surface area contributed by atoms with E-state index >= 15 is 0 Å². The highest BCUT2D eigenvalue weighted by molar-refractivity contribution is 5.92. The summed E-state index contributed by atoms with van der Waals surface area (Å²) in [4.78, 5) is 28.4. The van der Waals surface area contributed by atoms with Crippen molar-refractivity contribution in [3.8, 4) is 0 Å². The van der Waals surface area contributed by atoms with Gasteiger partial charge >= 0.3 is 0 Å². The van der Waals surface area contributed by atoms with E-state index in [1.54, 1.807) is 0 Å². The van der Waals surface area contributed by atoms with Gasteiger partial charge in [-0.05, 0) is 19.0 Å². The van der Waals surface area contributed by atoms with Crippen molar-refractivity contribution in [3.05, 3.63) is 17.5 Å². The van der Waals surface area contributed by atoms with Crippen molar-refractivity contribution in [2.45, 2.75) is 19.8 Å². The first-order valence-electron chi connectivity index (χ1n) is 8.74. The fraction of sp³-hybridized carbons (Fsp3) is 0.706. The van der Waals surface area contributed by atoms with Gasteiger partial charge in [0, 0.05) is 45.0 Å². The maximum atomic E-state index is 12.9. The third kappa shape index (κ3) is 3.84. The molecule has 0 bridgehead atoms. The van der Waals surface area contributed by atoms with E-state index in [-0.39, 0.29) is 11.8 Å². The Kier molecular flexibility index (Phi) is 5.30. The number of ether oxygens (including phenoxy) is 1.